The van der Waals surface area contributed by atoms with Crippen LogP contribution in [0.2, 0.25) is 0 Å². The van der Waals surface area contributed by atoms with Crippen LogP contribution in [0.5, 0.6) is 0 Å². The van der Waals surface area contributed by atoms with E-state index in [1.807, 2.05) is 14.1 Å². The SMILES string of the molecule is CC(C)CC(CN(C)C)Nc1cc([N+](=O)[O-])ccn1. The van der Waals surface area contributed by atoms with Gasteiger partial charge < -0.3 is 10.2 Å². The van der Waals surface area contributed by atoms with Gasteiger partial charge in [-0.3, -0.25) is 10.1 Å². The summed E-state index contributed by atoms with van der Waals surface area (Å²) in [6.45, 7) is 5.18. The summed E-state index contributed by atoms with van der Waals surface area (Å²) in [6.07, 6.45) is 2.45. The molecule has 0 radical (unpaired) electrons. The van der Waals surface area contributed by atoms with Crippen LogP contribution < -0.4 is 5.32 Å². The number of nitrogens with zero attached hydrogens (tertiary/aromatic N) is 3. The van der Waals surface area contributed by atoms with E-state index in [1.165, 1.54) is 18.3 Å². The van der Waals surface area contributed by atoms with E-state index in [-0.39, 0.29) is 11.7 Å². The maximum atomic E-state index is 10.7. The first-order valence-electron chi connectivity index (χ1n) is 6.40. The van der Waals surface area contributed by atoms with Crippen molar-refractivity contribution in [3.05, 3.63) is 28.4 Å². The molecule has 0 aromatic carbocycles. The fourth-order valence-electron chi connectivity index (χ4n) is 2.01. The molecule has 0 saturated heterocycles. The summed E-state index contributed by atoms with van der Waals surface area (Å²) >= 11 is 0. The van der Waals surface area contributed by atoms with Crippen molar-refractivity contribution in [2.24, 2.45) is 5.92 Å². The maximum Gasteiger partial charge on any atom is 0.274 e. The molecule has 0 bridgehead atoms. The second-order valence-electron chi connectivity index (χ2n) is 5.39. The maximum absolute atomic E-state index is 10.7. The number of anilines is 1. The van der Waals surface area contributed by atoms with Crippen molar-refractivity contribution in [2.45, 2.75) is 26.3 Å². The zero-order chi connectivity index (χ0) is 14.4. The highest BCUT2D eigenvalue weighted by Crippen LogP contribution is 2.17. The molecule has 6 nitrogen and oxygen atoms in total. The van der Waals surface area contributed by atoms with Crippen LogP contribution in [0.4, 0.5) is 11.5 Å². The van der Waals surface area contributed by atoms with Crippen molar-refractivity contribution in [1.82, 2.24) is 9.88 Å². The Hall–Kier alpha value is -1.69. The Kier molecular flexibility index (Phi) is 5.69. The van der Waals surface area contributed by atoms with Gasteiger partial charge in [0.2, 0.25) is 0 Å². The molecule has 1 rings (SSSR count). The topological polar surface area (TPSA) is 71.3 Å². The van der Waals surface area contributed by atoms with E-state index < -0.39 is 4.92 Å². The number of nitrogens with one attached hydrogen (secondary N) is 1. The van der Waals surface area contributed by atoms with Gasteiger partial charge >= 0.3 is 0 Å². The number of rotatable bonds is 7. The van der Waals surface area contributed by atoms with E-state index in [9.17, 15) is 10.1 Å². The highest BCUT2D eigenvalue weighted by Gasteiger charge is 2.14. The number of hydrogen-bond donors (Lipinski definition) is 1. The van der Waals surface area contributed by atoms with Gasteiger partial charge in [0.15, 0.2) is 0 Å². The molecule has 1 heterocycles. The smallest absolute Gasteiger partial charge is 0.274 e. The second-order valence-corrected chi connectivity index (χ2v) is 5.39. The van der Waals surface area contributed by atoms with Crippen molar-refractivity contribution in [1.29, 1.82) is 0 Å². The monoisotopic (exact) mass is 266 g/mol. The van der Waals surface area contributed by atoms with Gasteiger partial charge in [0.25, 0.3) is 5.69 Å². The molecule has 1 aromatic heterocycles. The minimum Gasteiger partial charge on any atom is -0.366 e. The van der Waals surface area contributed by atoms with E-state index in [0.717, 1.165) is 13.0 Å². The largest absolute Gasteiger partial charge is 0.366 e. The molecule has 106 valence electrons. The number of pyridine rings is 1. The molecule has 0 fully saturated rings. The number of hydrogen-bond acceptors (Lipinski definition) is 5. The van der Waals surface area contributed by atoms with Gasteiger partial charge in [-0.2, -0.15) is 0 Å². The average Bonchev–Trinajstić information content (AvgIpc) is 2.27. The summed E-state index contributed by atoms with van der Waals surface area (Å²) in [6, 6.07) is 3.10. The summed E-state index contributed by atoms with van der Waals surface area (Å²) in [4.78, 5) is 16.6. The Morgan fingerprint density at radius 3 is 2.68 bits per heavy atom. The lowest BCUT2D eigenvalue weighted by Gasteiger charge is -2.24. The summed E-state index contributed by atoms with van der Waals surface area (Å²) in [5, 5.41) is 14.0. The van der Waals surface area contributed by atoms with Crippen LogP contribution in [0.3, 0.4) is 0 Å². The van der Waals surface area contributed by atoms with E-state index in [4.69, 9.17) is 0 Å². The molecule has 1 aromatic rings. The van der Waals surface area contributed by atoms with Gasteiger partial charge in [0, 0.05) is 24.8 Å². The lowest BCUT2D eigenvalue weighted by molar-refractivity contribution is -0.384. The zero-order valence-corrected chi connectivity index (χ0v) is 12.0. The van der Waals surface area contributed by atoms with Crippen LogP contribution >= 0.6 is 0 Å². The van der Waals surface area contributed by atoms with Gasteiger partial charge in [-0.25, -0.2) is 4.98 Å². The number of nitro groups is 1. The molecular formula is C13H22N4O2. The van der Waals surface area contributed by atoms with Gasteiger partial charge in [-0.05, 0) is 26.4 Å². The van der Waals surface area contributed by atoms with Gasteiger partial charge in [0.05, 0.1) is 11.0 Å². The minimum absolute atomic E-state index is 0.0608. The van der Waals surface area contributed by atoms with Crippen LogP contribution in [0, 0.1) is 16.0 Å². The molecule has 1 N–H and O–H groups in total. The summed E-state index contributed by atoms with van der Waals surface area (Å²) in [5.74, 6) is 1.11. The van der Waals surface area contributed by atoms with Crippen molar-refractivity contribution < 1.29 is 4.92 Å². The summed E-state index contributed by atoms with van der Waals surface area (Å²) in [7, 11) is 4.02. The second kappa shape index (κ2) is 7.04. The highest BCUT2D eigenvalue weighted by atomic mass is 16.6. The minimum atomic E-state index is -0.406. The van der Waals surface area contributed by atoms with E-state index in [2.05, 4.69) is 29.0 Å². The predicted octanol–water partition coefficient (Wildman–Crippen LogP) is 2.38. The molecule has 0 spiro atoms. The Balaban J connectivity index is 2.77. The Morgan fingerprint density at radius 2 is 2.16 bits per heavy atom. The molecule has 1 atom stereocenters. The number of aromatic nitrogens is 1. The van der Waals surface area contributed by atoms with Gasteiger partial charge in [0.1, 0.15) is 5.82 Å². The normalized spacial score (nSPS) is 12.7. The van der Waals surface area contributed by atoms with Crippen molar-refractivity contribution in [2.75, 3.05) is 26.0 Å². The molecular weight excluding hydrogens is 244 g/mol. The van der Waals surface area contributed by atoms with Crippen molar-refractivity contribution in [3.8, 4) is 0 Å². The van der Waals surface area contributed by atoms with Gasteiger partial charge in [-0.1, -0.05) is 13.8 Å². The quantitative estimate of drug-likeness (QED) is 0.606. The molecule has 0 aliphatic carbocycles. The third-order valence-electron chi connectivity index (χ3n) is 2.65. The fourth-order valence-corrected chi connectivity index (χ4v) is 2.01. The lowest BCUT2D eigenvalue weighted by Crippen LogP contribution is -2.33. The fraction of sp³-hybridized carbons (Fsp3) is 0.615. The molecule has 0 amide bonds. The zero-order valence-electron chi connectivity index (χ0n) is 12.0. The third-order valence-corrected chi connectivity index (χ3v) is 2.65. The van der Waals surface area contributed by atoms with E-state index in [0.29, 0.717) is 11.7 Å². The molecule has 0 saturated carbocycles. The van der Waals surface area contributed by atoms with Crippen LogP contribution in [-0.2, 0) is 0 Å². The van der Waals surface area contributed by atoms with Crippen LogP contribution in [-0.4, -0.2) is 41.5 Å². The molecule has 0 aliphatic rings. The highest BCUT2D eigenvalue weighted by molar-refractivity contribution is 5.44. The first kappa shape index (κ1) is 15.4. The van der Waals surface area contributed by atoms with Crippen LogP contribution in [0.1, 0.15) is 20.3 Å². The Labute approximate surface area is 114 Å². The molecule has 1 unspecified atom stereocenters. The third kappa shape index (κ3) is 5.65. The Morgan fingerprint density at radius 1 is 1.47 bits per heavy atom. The predicted molar refractivity (Wildman–Crippen MR) is 76.3 cm³/mol. The first-order chi connectivity index (χ1) is 8.88. The van der Waals surface area contributed by atoms with Crippen molar-refractivity contribution in [3.63, 3.8) is 0 Å². The summed E-state index contributed by atoms with van der Waals surface area (Å²) < 4.78 is 0. The van der Waals surface area contributed by atoms with E-state index in [1.54, 1.807) is 0 Å². The van der Waals surface area contributed by atoms with Crippen LogP contribution in [0.15, 0.2) is 18.3 Å². The lowest BCUT2D eigenvalue weighted by atomic mass is 10.0. The van der Waals surface area contributed by atoms with Crippen molar-refractivity contribution >= 4 is 11.5 Å². The first-order valence-corrected chi connectivity index (χ1v) is 6.40. The molecule has 19 heavy (non-hydrogen) atoms. The number of likely N-dealkylation sites (N-methyl/N-ethyl adjacent to an activating group) is 1. The Bertz CT molecular complexity index is 411. The molecule has 6 heteroatoms. The standard InChI is InChI=1S/C13H22N4O2/c1-10(2)7-11(9-16(3)4)15-13-8-12(17(18)19)5-6-14-13/h5-6,8,10-11H,7,9H2,1-4H3,(H,14,15). The van der Waals surface area contributed by atoms with Crippen LogP contribution in [0.25, 0.3) is 0 Å². The average molecular weight is 266 g/mol. The van der Waals surface area contributed by atoms with E-state index >= 15 is 0 Å². The molecule has 0 aliphatic heterocycles. The van der Waals surface area contributed by atoms with Gasteiger partial charge in [-0.15, -0.1) is 0 Å². The summed E-state index contributed by atoms with van der Waals surface area (Å²) in [5.41, 5.74) is 0.0608.